The minimum absolute atomic E-state index is 0.0367. The molecule has 0 atom stereocenters. The summed E-state index contributed by atoms with van der Waals surface area (Å²) in [5, 5.41) is 1.90. The van der Waals surface area contributed by atoms with Crippen molar-refractivity contribution in [2.75, 3.05) is 0 Å². The molecule has 1 aliphatic rings. The number of fused-ring (bicyclic) bond motifs is 1. The Balaban J connectivity index is 1.71. The molecule has 3 aromatic rings. The van der Waals surface area contributed by atoms with E-state index in [1.165, 1.54) is 23.5 Å². The van der Waals surface area contributed by atoms with Crippen molar-refractivity contribution in [2.45, 2.75) is 18.4 Å². The number of aromatic nitrogens is 1. The highest BCUT2D eigenvalue weighted by Crippen LogP contribution is 2.33. The van der Waals surface area contributed by atoms with Crippen LogP contribution in [0.15, 0.2) is 51.1 Å². The van der Waals surface area contributed by atoms with E-state index in [1.807, 2.05) is 17.5 Å². The Hall–Kier alpha value is -2.45. The average Bonchev–Trinajstić information content (AvgIpc) is 3.25. The highest BCUT2D eigenvalue weighted by molar-refractivity contribution is 7.90. The Kier molecular flexibility index (Phi) is 3.33. The summed E-state index contributed by atoms with van der Waals surface area (Å²) in [6.07, 6.45) is 0. The number of thiophene rings is 1. The number of rotatable bonds is 3. The largest absolute Gasteiger partial charge is 0.440 e. The van der Waals surface area contributed by atoms with Gasteiger partial charge in [-0.15, -0.1) is 11.3 Å². The third-order valence-corrected chi connectivity index (χ3v) is 6.47. The molecular formula is C16H12N2O4S2. The lowest BCUT2D eigenvalue weighted by molar-refractivity contribution is 0.0863. The number of sulfonamides is 1. The molecule has 1 aliphatic heterocycles. The first-order valence-corrected chi connectivity index (χ1v) is 9.47. The van der Waals surface area contributed by atoms with Crippen molar-refractivity contribution < 1.29 is 17.6 Å². The van der Waals surface area contributed by atoms with Crippen molar-refractivity contribution in [3.63, 3.8) is 0 Å². The van der Waals surface area contributed by atoms with E-state index >= 15 is 0 Å². The maximum atomic E-state index is 12.6. The summed E-state index contributed by atoms with van der Waals surface area (Å²) in [5.74, 6) is 0.391. The van der Waals surface area contributed by atoms with Crippen LogP contribution in [0.25, 0.3) is 10.8 Å². The fourth-order valence-electron chi connectivity index (χ4n) is 2.60. The molecule has 0 spiro atoms. The smallest absolute Gasteiger partial charge is 0.269 e. The Morgan fingerprint density at radius 3 is 2.71 bits per heavy atom. The van der Waals surface area contributed by atoms with E-state index in [4.69, 9.17) is 4.42 Å². The second-order valence-electron chi connectivity index (χ2n) is 5.31. The topological polar surface area (TPSA) is 80.5 Å². The Bertz CT molecular complexity index is 1040. The predicted molar refractivity (Wildman–Crippen MR) is 88.1 cm³/mol. The zero-order valence-corrected chi connectivity index (χ0v) is 14.2. The zero-order chi connectivity index (χ0) is 16.9. The van der Waals surface area contributed by atoms with Gasteiger partial charge >= 0.3 is 0 Å². The van der Waals surface area contributed by atoms with Crippen LogP contribution in [0, 0.1) is 6.92 Å². The maximum absolute atomic E-state index is 12.6. The van der Waals surface area contributed by atoms with E-state index < -0.39 is 15.9 Å². The summed E-state index contributed by atoms with van der Waals surface area (Å²) >= 11 is 1.48. The number of hydrogen-bond donors (Lipinski definition) is 0. The number of benzene rings is 1. The molecule has 24 heavy (non-hydrogen) atoms. The number of amides is 1. The van der Waals surface area contributed by atoms with E-state index in [2.05, 4.69) is 4.98 Å². The van der Waals surface area contributed by atoms with Crippen molar-refractivity contribution in [2.24, 2.45) is 0 Å². The second-order valence-corrected chi connectivity index (χ2v) is 8.09. The van der Waals surface area contributed by atoms with Gasteiger partial charge in [0.05, 0.1) is 17.0 Å². The molecule has 0 unspecified atom stereocenters. The monoisotopic (exact) mass is 360 g/mol. The molecule has 3 heterocycles. The maximum Gasteiger partial charge on any atom is 0.269 e. The first-order chi connectivity index (χ1) is 11.5. The molecular weight excluding hydrogens is 348 g/mol. The van der Waals surface area contributed by atoms with Crippen LogP contribution in [0.4, 0.5) is 0 Å². The molecule has 0 fully saturated rings. The molecule has 0 saturated heterocycles. The van der Waals surface area contributed by atoms with E-state index in [1.54, 1.807) is 19.1 Å². The van der Waals surface area contributed by atoms with E-state index in [0.29, 0.717) is 17.3 Å². The normalized spacial score (nSPS) is 15.7. The molecule has 6 nitrogen and oxygen atoms in total. The van der Waals surface area contributed by atoms with Gasteiger partial charge < -0.3 is 4.42 Å². The Morgan fingerprint density at radius 2 is 2.00 bits per heavy atom. The molecule has 0 radical (unpaired) electrons. The number of carbonyl (C=O) groups is 1. The lowest BCUT2D eigenvalue weighted by atomic mass is 10.2. The second kappa shape index (κ2) is 5.29. The molecule has 0 aliphatic carbocycles. The van der Waals surface area contributed by atoms with Crippen LogP contribution in [-0.4, -0.2) is 23.6 Å². The first kappa shape index (κ1) is 15.1. The van der Waals surface area contributed by atoms with Gasteiger partial charge in [-0.3, -0.25) is 4.79 Å². The van der Waals surface area contributed by atoms with Crippen molar-refractivity contribution in [1.82, 2.24) is 9.29 Å². The number of nitrogens with zero attached hydrogens (tertiary/aromatic N) is 2. The third-order valence-electron chi connectivity index (χ3n) is 3.83. The summed E-state index contributed by atoms with van der Waals surface area (Å²) in [4.78, 5) is 17.7. The molecule has 1 amide bonds. The van der Waals surface area contributed by atoms with Crippen molar-refractivity contribution in [3.8, 4) is 10.8 Å². The fraction of sp³-hybridized carbons (Fsp3) is 0.125. The third kappa shape index (κ3) is 2.18. The summed E-state index contributed by atoms with van der Waals surface area (Å²) in [7, 11) is -3.85. The van der Waals surface area contributed by atoms with Gasteiger partial charge in [0.15, 0.2) is 0 Å². The predicted octanol–water partition coefficient (Wildman–Crippen LogP) is 3.06. The van der Waals surface area contributed by atoms with Crippen molar-refractivity contribution in [3.05, 3.63) is 58.8 Å². The van der Waals surface area contributed by atoms with Gasteiger partial charge in [0.1, 0.15) is 16.3 Å². The first-order valence-electron chi connectivity index (χ1n) is 7.15. The highest BCUT2D eigenvalue weighted by Gasteiger charge is 2.41. The van der Waals surface area contributed by atoms with Gasteiger partial charge in [-0.25, -0.2) is 17.7 Å². The van der Waals surface area contributed by atoms with Gasteiger partial charge in [0.25, 0.3) is 15.9 Å². The van der Waals surface area contributed by atoms with Gasteiger partial charge in [0, 0.05) is 0 Å². The van der Waals surface area contributed by atoms with E-state index in [-0.39, 0.29) is 17.0 Å². The van der Waals surface area contributed by atoms with Crippen LogP contribution in [0.3, 0.4) is 0 Å². The lowest BCUT2D eigenvalue weighted by Gasteiger charge is -2.13. The SMILES string of the molecule is Cc1oc(-c2cccs2)nc1CN1C(=O)c2ccccc2S1(=O)=O. The highest BCUT2D eigenvalue weighted by atomic mass is 32.2. The average molecular weight is 360 g/mol. The van der Waals surface area contributed by atoms with Gasteiger partial charge in [0.2, 0.25) is 5.89 Å². The van der Waals surface area contributed by atoms with E-state index in [0.717, 1.165) is 9.18 Å². The number of aryl methyl sites for hydroxylation is 1. The lowest BCUT2D eigenvalue weighted by Crippen LogP contribution is -2.29. The van der Waals surface area contributed by atoms with Crippen LogP contribution in [0.5, 0.6) is 0 Å². The summed E-state index contributed by atoms with van der Waals surface area (Å²) < 4.78 is 31.7. The van der Waals surface area contributed by atoms with Crippen LogP contribution in [0.2, 0.25) is 0 Å². The molecule has 4 rings (SSSR count). The molecule has 8 heteroatoms. The molecule has 0 saturated carbocycles. The molecule has 0 bridgehead atoms. The molecule has 1 aromatic carbocycles. The van der Waals surface area contributed by atoms with Crippen LogP contribution in [-0.2, 0) is 16.6 Å². The number of carbonyl (C=O) groups excluding carboxylic acids is 1. The van der Waals surface area contributed by atoms with E-state index in [9.17, 15) is 13.2 Å². The number of hydrogen-bond acceptors (Lipinski definition) is 6. The standard InChI is InChI=1S/C16H12N2O4S2/c1-10-12(17-15(22-10)13-6-4-8-23-13)9-18-16(19)11-5-2-3-7-14(11)24(18,20)21/h2-8H,9H2,1H3. The quantitative estimate of drug-likeness (QED) is 0.717. The molecule has 2 aromatic heterocycles. The van der Waals surface area contributed by atoms with Gasteiger partial charge in [-0.1, -0.05) is 18.2 Å². The van der Waals surface area contributed by atoms with Crippen LogP contribution in [0.1, 0.15) is 21.8 Å². The van der Waals surface area contributed by atoms with Crippen LogP contribution >= 0.6 is 11.3 Å². The van der Waals surface area contributed by atoms with Gasteiger partial charge in [-0.2, -0.15) is 0 Å². The molecule has 0 N–H and O–H groups in total. The minimum atomic E-state index is -3.85. The van der Waals surface area contributed by atoms with Crippen molar-refractivity contribution >= 4 is 27.3 Å². The van der Waals surface area contributed by atoms with Crippen molar-refractivity contribution in [1.29, 1.82) is 0 Å². The minimum Gasteiger partial charge on any atom is -0.440 e. The Morgan fingerprint density at radius 1 is 1.21 bits per heavy atom. The number of oxazole rings is 1. The fourth-order valence-corrected chi connectivity index (χ4v) is 4.78. The van der Waals surface area contributed by atoms with Gasteiger partial charge in [-0.05, 0) is 30.5 Å². The summed E-state index contributed by atoms with van der Waals surface area (Å²) in [5.41, 5.74) is 0.625. The summed E-state index contributed by atoms with van der Waals surface area (Å²) in [6.45, 7) is 1.57. The summed E-state index contributed by atoms with van der Waals surface area (Å²) in [6, 6.07) is 9.95. The Labute approximate surface area is 142 Å². The zero-order valence-electron chi connectivity index (χ0n) is 12.6. The molecule has 122 valence electrons. The van der Waals surface area contributed by atoms with Crippen LogP contribution < -0.4 is 0 Å².